The van der Waals surface area contributed by atoms with E-state index in [1.165, 1.54) is 6.07 Å². The quantitative estimate of drug-likeness (QED) is 0.307. The number of hydrogen-bond donors (Lipinski definition) is 1. The first-order chi connectivity index (χ1) is 20.9. The zero-order chi connectivity index (χ0) is 29.5. The molecule has 3 unspecified atom stereocenters. The molecule has 0 amide bonds. The van der Waals surface area contributed by atoms with Crippen molar-refractivity contribution >= 4 is 22.8 Å². The molecule has 0 radical (unpaired) electrons. The van der Waals surface area contributed by atoms with Crippen LogP contribution < -0.4 is 9.64 Å². The first kappa shape index (κ1) is 27.3. The number of nitrogens with zero attached hydrogens (tertiary/aromatic N) is 6. The number of carboxylic acid groups (broad SMARTS) is 1. The van der Waals surface area contributed by atoms with E-state index in [-0.39, 0.29) is 23.8 Å². The molecule has 10 nitrogen and oxygen atoms in total. The lowest BCUT2D eigenvalue weighted by Crippen LogP contribution is -2.53. The van der Waals surface area contributed by atoms with Crippen molar-refractivity contribution in [3.05, 3.63) is 82.9 Å². The number of carboxylic acids is 1. The third-order valence-electron chi connectivity index (χ3n) is 8.80. The first-order valence-electron chi connectivity index (χ1n) is 14.6. The molecule has 2 bridgehead atoms. The third kappa shape index (κ3) is 5.40. The van der Waals surface area contributed by atoms with E-state index in [1.807, 2.05) is 18.2 Å². The summed E-state index contributed by atoms with van der Waals surface area (Å²) in [5.74, 6) is 0.754. The molecule has 4 aromatic rings. The molecule has 1 N–H and O–H groups in total. The first-order valence-corrected chi connectivity index (χ1v) is 14.6. The van der Waals surface area contributed by atoms with Crippen LogP contribution in [0.2, 0.25) is 0 Å². The molecule has 43 heavy (non-hydrogen) atoms. The van der Waals surface area contributed by atoms with Crippen molar-refractivity contribution in [2.24, 2.45) is 0 Å². The lowest BCUT2D eigenvalue weighted by molar-refractivity contribution is -0.0592. The fourth-order valence-electron chi connectivity index (χ4n) is 6.41. The molecule has 3 fully saturated rings. The number of carbonyl (C=O) groups is 1. The van der Waals surface area contributed by atoms with E-state index in [0.29, 0.717) is 36.6 Å². The minimum Gasteiger partial charge on any atom is -0.478 e. The zero-order valence-electron chi connectivity index (χ0n) is 23.5. The van der Waals surface area contributed by atoms with Gasteiger partial charge in [0.2, 0.25) is 5.88 Å². The van der Waals surface area contributed by atoms with Gasteiger partial charge in [-0.25, -0.2) is 14.2 Å². The van der Waals surface area contributed by atoms with Crippen LogP contribution in [-0.4, -0.2) is 68.4 Å². The minimum absolute atomic E-state index is 0.0217. The second-order valence-electron chi connectivity index (χ2n) is 11.4. The van der Waals surface area contributed by atoms with Crippen molar-refractivity contribution in [1.29, 1.82) is 5.26 Å². The number of nitriles is 1. The summed E-state index contributed by atoms with van der Waals surface area (Å²) in [7, 11) is 0. The highest BCUT2D eigenvalue weighted by atomic mass is 19.1. The van der Waals surface area contributed by atoms with Gasteiger partial charge in [0, 0.05) is 43.4 Å². The number of piperazine rings is 1. The number of ether oxygens (including phenoxy) is 2. The molecule has 7 rings (SSSR count). The second kappa shape index (κ2) is 11.3. The molecule has 0 aliphatic carbocycles. The number of anilines is 1. The van der Waals surface area contributed by atoms with Crippen LogP contribution in [0.1, 0.15) is 46.6 Å². The maximum Gasteiger partial charge on any atom is 0.335 e. The molecule has 0 spiro atoms. The van der Waals surface area contributed by atoms with Crippen LogP contribution in [0.15, 0.2) is 54.6 Å². The molecule has 0 saturated carbocycles. The minimum atomic E-state index is -0.949. The van der Waals surface area contributed by atoms with Gasteiger partial charge < -0.3 is 24.0 Å². The van der Waals surface area contributed by atoms with E-state index in [4.69, 9.17) is 24.7 Å². The largest absolute Gasteiger partial charge is 0.478 e. The number of aromatic carboxylic acids is 1. The summed E-state index contributed by atoms with van der Waals surface area (Å²) in [6.07, 6.45) is 3.25. The lowest BCUT2D eigenvalue weighted by atomic mass is 10.1. The average molecular weight is 583 g/mol. The Labute approximate surface area is 247 Å². The molecular weight excluding hydrogens is 551 g/mol. The SMILES string of the molecule is N#Cc1ccc(COc2cccc(N3CC4CCC(C3)N4Cc3nc4ccc(C(=O)O)cc4n3CC3CCO3)n2)c(F)c1. The second-order valence-corrected chi connectivity index (χ2v) is 11.4. The molecule has 2 aromatic carbocycles. The summed E-state index contributed by atoms with van der Waals surface area (Å²) in [5, 5.41) is 18.5. The van der Waals surface area contributed by atoms with Gasteiger partial charge in [-0.3, -0.25) is 4.90 Å². The van der Waals surface area contributed by atoms with E-state index in [0.717, 1.165) is 61.6 Å². The smallest absolute Gasteiger partial charge is 0.335 e. The highest BCUT2D eigenvalue weighted by molar-refractivity contribution is 5.92. The maximum absolute atomic E-state index is 14.3. The predicted molar refractivity (Wildman–Crippen MR) is 155 cm³/mol. The summed E-state index contributed by atoms with van der Waals surface area (Å²) in [6.45, 7) is 3.74. The van der Waals surface area contributed by atoms with Crippen LogP contribution in [0, 0.1) is 17.1 Å². The Hall–Kier alpha value is -4.53. The Kier molecular flexibility index (Phi) is 7.16. The molecule has 3 aliphatic rings. The molecule has 3 aliphatic heterocycles. The third-order valence-corrected chi connectivity index (χ3v) is 8.80. The number of pyridine rings is 1. The van der Waals surface area contributed by atoms with E-state index in [2.05, 4.69) is 14.4 Å². The highest BCUT2D eigenvalue weighted by Crippen LogP contribution is 2.34. The van der Waals surface area contributed by atoms with Gasteiger partial charge in [-0.1, -0.05) is 12.1 Å². The van der Waals surface area contributed by atoms with Crippen LogP contribution in [0.3, 0.4) is 0 Å². The van der Waals surface area contributed by atoms with Crippen LogP contribution in [0.4, 0.5) is 10.2 Å². The van der Waals surface area contributed by atoms with Crippen molar-refractivity contribution in [1.82, 2.24) is 19.4 Å². The topological polar surface area (TPSA) is 117 Å². The monoisotopic (exact) mass is 582 g/mol. The zero-order valence-corrected chi connectivity index (χ0v) is 23.5. The van der Waals surface area contributed by atoms with Crippen molar-refractivity contribution < 1.29 is 23.8 Å². The molecule has 220 valence electrons. The molecule has 3 saturated heterocycles. The van der Waals surface area contributed by atoms with Crippen molar-refractivity contribution in [3.8, 4) is 11.9 Å². The summed E-state index contributed by atoms with van der Waals surface area (Å²) >= 11 is 0. The maximum atomic E-state index is 14.3. The van der Waals surface area contributed by atoms with Gasteiger partial charge in [-0.2, -0.15) is 10.2 Å². The number of halogens is 1. The van der Waals surface area contributed by atoms with E-state index in [9.17, 15) is 14.3 Å². The summed E-state index contributed by atoms with van der Waals surface area (Å²) in [4.78, 5) is 26.2. The molecule has 2 aromatic heterocycles. The van der Waals surface area contributed by atoms with Gasteiger partial charge in [0.25, 0.3) is 0 Å². The van der Waals surface area contributed by atoms with E-state index >= 15 is 0 Å². The fourth-order valence-corrected chi connectivity index (χ4v) is 6.41. The van der Waals surface area contributed by atoms with E-state index in [1.54, 1.807) is 36.4 Å². The predicted octanol–water partition coefficient (Wildman–Crippen LogP) is 4.36. The average Bonchev–Trinajstić information content (AvgIpc) is 3.44. The van der Waals surface area contributed by atoms with Crippen LogP contribution in [-0.2, 0) is 24.4 Å². The number of rotatable bonds is 9. The van der Waals surface area contributed by atoms with Gasteiger partial charge >= 0.3 is 5.97 Å². The van der Waals surface area contributed by atoms with Crippen molar-refractivity contribution in [3.63, 3.8) is 0 Å². The van der Waals surface area contributed by atoms with Gasteiger partial charge in [0.05, 0.1) is 47.4 Å². The Morgan fingerprint density at radius 3 is 2.60 bits per heavy atom. The standard InChI is InChI=1S/C32H31FN6O4/c33-26-12-20(14-34)4-5-22(26)19-43-31-3-1-2-29(36-31)37-15-23-7-8-24(16-37)38(23)18-30-35-27-9-6-21(32(40)41)13-28(27)39(30)17-25-10-11-42-25/h1-6,9,12-13,23-25H,7-8,10-11,15-19H2,(H,40,41). The van der Waals surface area contributed by atoms with Crippen molar-refractivity contribution in [2.45, 2.75) is 57.1 Å². The molecular formula is C32H31FN6O4. The van der Waals surface area contributed by atoms with Crippen LogP contribution in [0.5, 0.6) is 5.88 Å². The number of fused-ring (bicyclic) bond motifs is 3. The molecule has 11 heteroatoms. The van der Waals surface area contributed by atoms with Crippen LogP contribution >= 0.6 is 0 Å². The van der Waals surface area contributed by atoms with E-state index < -0.39 is 11.8 Å². The van der Waals surface area contributed by atoms with Crippen LogP contribution in [0.25, 0.3) is 11.0 Å². The Balaban J connectivity index is 1.06. The summed E-state index contributed by atoms with van der Waals surface area (Å²) in [5.41, 5.74) is 2.52. The summed E-state index contributed by atoms with van der Waals surface area (Å²) < 4.78 is 28.0. The number of hydrogen-bond acceptors (Lipinski definition) is 8. The Morgan fingerprint density at radius 1 is 1.09 bits per heavy atom. The normalized spacial score (nSPS) is 21.5. The fraction of sp³-hybridized carbons (Fsp3) is 0.375. The molecule has 3 atom stereocenters. The van der Waals surface area contributed by atoms with Gasteiger partial charge in [-0.05, 0) is 55.7 Å². The lowest BCUT2D eigenvalue weighted by Gasteiger charge is -2.41. The Bertz CT molecular complexity index is 1720. The number of benzene rings is 2. The van der Waals surface area contributed by atoms with Gasteiger partial charge in [-0.15, -0.1) is 0 Å². The number of imidazole rings is 1. The van der Waals surface area contributed by atoms with Gasteiger partial charge in [0.15, 0.2) is 0 Å². The molecule has 5 heterocycles. The highest BCUT2D eigenvalue weighted by Gasteiger charge is 2.41. The summed E-state index contributed by atoms with van der Waals surface area (Å²) in [6, 6.07) is 17.7. The van der Waals surface area contributed by atoms with Gasteiger partial charge in [0.1, 0.15) is 24.1 Å². The Morgan fingerprint density at radius 2 is 1.91 bits per heavy atom. The number of aromatic nitrogens is 3. The van der Waals surface area contributed by atoms with Crippen molar-refractivity contribution in [2.75, 3.05) is 24.6 Å².